The summed E-state index contributed by atoms with van der Waals surface area (Å²) >= 11 is 5.81. The predicted molar refractivity (Wildman–Crippen MR) is 68.1 cm³/mol. The van der Waals surface area contributed by atoms with Crippen molar-refractivity contribution in [1.82, 2.24) is 0 Å². The van der Waals surface area contributed by atoms with Crippen LogP contribution < -0.4 is 0 Å². The number of aliphatic carboxylic acids is 1. The monoisotopic (exact) mass is 271 g/mol. The zero-order chi connectivity index (χ0) is 13.9. The lowest BCUT2D eigenvalue weighted by atomic mass is 9.91. The molecule has 1 aromatic carbocycles. The third-order valence-electron chi connectivity index (χ3n) is 2.78. The van der Waals surface area contributed by atoms with E-state index in [-0.39, 0.29) is 10.7 Å². The van der Waals surface area contributed by atoms with Crippen molar-refractivity contribution >= 4 is 23.3 Å². The highest BCUT2D eigenvalue weighted by atomic mass is 35.5. The van der Waals surface area contributed by atoms with Gasteiger partial charge in [0.2, 0.25) is 0 Å². The Balaban J connectivity index is 3.28. The molecule has 0 saturated heterocycles. The van der Waals surface area contributed by atoms with Crippen molar-refractivity contribution in [2.45, 2.75) is 32.6 Å². The van der Waals surface area contributed by atoms with Crippen molar-refractivity contribution in [3.63, 3.8) is 0 Å². The number of carboxylic acids is 1. The molecule has 0 radical (unpaired) electrons. The van der Waals surface area contributed by atoms with Crippen LogP contribution in [0.1, 0.15) is 36.8 Å². The van der Waals surface area contributed by atoms with E-state index in [0.717, 1.165) is 0 Å². The first kappa shape index (κ1) is 14.4. The van der Waals surface area contributed by atoms with E-state index in [2.05, 4.69) is 0 Å². The highest BCUT2D eigenvalue weighted by Gasteiger charge is 2.24. The smallest absolute Gasteiger partial charge is 0.310 e. The maximum Gasteiger partial charge on any atom is 0.310 e. The van der Waals surface area contributed by atoms with Crippen LogP contribution in [0.25, 0.3) is 0 Å². The fraction of sp³-hybridized carbons (Fsp3) is 0.417. The van der Waals surface area contributed by atoms with Crippen LogP contribution in [0.3, 0.4) is 0 Å². The molecule has 5 nitrogen and oxygen atoms in total. The molecule has 0 amide bonds. The largest absolute Gasteiger partial charge is 0.481 e. The third kappa shape index (κ3) is 2.98. The molecule has 0 aliphatic carbocycles. The second kappa shape index (κ2) is 5.82. The topological polar surface area (TPSA) is 80.4 Å². The summed E-state index contributed by atoms with van der Waals surface area (Å²) in [4.78, 5) is 21.3. The highest BCUT2D eigenvalue weighted by molar-refractivity contribution is 6.32. The Morgan fingerprint density at radius 2 is 2.17 bits per heavy atom. The van der Waals surface area contributed by atoms with E-state index in [0.29, 0.717) is 24.0 Å². The van der Waals surface area contributed by atoms with Gasteiger partial charge in [-0.2, -0.15) is 0 Å². The number of hydrogen-bond donors (Lipinski definition) is 1. The first-order valence-corrected chi connectivity index (χ1v) is 5.93. The van der Waals surface area contributed by atoms with Crippen molar-refractivity contribution in [3.05, 3.63) is 38.4 Å². The summed E-state index contributed by atoms with van der Waals surface area (Å²) in [5, 5.41) is 19.9. The maximum atomic E-state index is 11.2. The van der Waals surface area contributed by atoms with Crippen LogP contribution >= 0.6 is 11.6 Å². The molecule has 0 spiro atoms. The lowest BCUT2D eigenvalue weighted by Gasteiger charge is -2.14. The Morgan fingerprint density at radius 3 is 2.61 bits per heavy atom. The molecule has 98 valence electrons. The summed E-state index contributed by atoms with van der Waals surface area (Å²) < 4.78 is 0. The van der Waals surface area contributed by atoms with Crippen molar-refractivity contribution in [1.29, 1.82) is 0 Å². The number of nitrogens with zero attached hydrogens (tertiary/aromatic N) is 1. The molecule has 0 saturated carbocycles. The molecule has 1 unspecified atom stereocenters. The van der Waals surface area contributed by atoms with Gasteiger partial charge in [-0.3, -0.25) is 14.9 Å². The average molecular weight is 272 g/mol. The number of aryl methyl sites for hydroxylation is 1. The van der Waals surface area contributed by atoms with Crippen LogP contribution in [0.2, 0.25) is 5.02 Å². The SMILES string of the molecule is CCCC(C(=O)O)c1cc(Cl)c([N+](=O)[O-])cc1C. The molecule has 1 N–H and O–H groups in total. The average Bonchev–Trinajstić information content (AvgIpc) is 2.28. The lowest BCUT2D eigenvalue weighted by Crippen LogP contribution is -2.13. The fourth-order valence-corrected chi connectivity index (χ4v) is 2.14. The Bertz CT molecular complexity index is 487. The Morgan fingerprint density at radius 1 is 1.56 bits per heavy atom. The van der Waals surface area contributed by atoms with Crippen LogP contribution in [-0.2, 0) is 4.79 Å². The van der Waals surface area contributed by atoms with E-state index in [1.54, 1.807) is 6.92 Å². The van der Waals surface area contributed by atoms with Gasteiger partial charge in [0.1, 0.15) is 5.02 Å². The first-order chi connectivity index (χ1) is 8.38. The minimum atomic E-state index is -0.940. The van der Waals surface area contributed by atoms with Gasteiger partial charge in [-0.05, 0) is 30.5 Å². The van der Waals surface area contributed by atoms with E-state index in [1.807, 2.05) is 6.92 Å². The Hall–Kier alpha value is -1.62. The Labute approximate surface area is 110 Å². The van der Waals surface area contributed by atoms with E-state index in [9.17, 15) is 20.0 Å². The minimum Gasteiger partial charge on any atom is -0.481 e. The fourth-order valence-electron chi connectivity index (χ4n) is 1.90. The number of nitro groups is 1. The maximum absolute atomic E-state index is 11.2. The van der Waals surface area contributed by atoms with Gasteiger partial charge in [0, 0.05) is 6.07 Å². The second-order valence-corrected chi connectivity index (χ2v) is 4.50. The van der Waals surface area contributed by atoms with Crippen molar-refractivity contribution < 1.29 is 14.8 Å². The molecule has 0 aromatic heterocycles. The summed E-state index contributed by atoms with van der Waals surface area (Å²) in [5.74, 6) is -1.61. The molecular formula is C12H14ClNO4. The summed E-state index contributed by atoms with van der Waals surface area (Å²) in [7, 11) is 0. The molecule has 18 heavy (non-hydrogen) atoms. The summed E-state index contributed by atoms with van der Waals surface area (Å²) in [6, 6.07) is 2.72. The number of carbonyl (C=O) groups is 1. The molecule has 0 heterocycles. The van der Waals surface area contributed by atoms with E-state index >= 15 is 0 Å². The summed E-state index contributed by atoms with van der Waals surface area (Å²) in [6.07, 6.45) is 1.19. The van der Waals surface area contributed by atoms with Gasteiger partial charge in [-0.1, -0.05) is 24.9 Å². The molecule has 0 bridgehead atoms. The molecule has 0 aliphatic heterocycles. The van der Waals surface area contributed by atoms with E-state index in [4.69, 9.17) is 11.6 Å². The molecular weight excluding hydrogens is 258 g/mol. The van der Waals surface area contributed by atoms with Crippen LogP contribution in [0.5, 0.6) is 0 Å². The van der Waals surface area contributed by atoms with Crippen molar-refractivity contribution in [2.24, 2.45) is 0 Å². The van der Waals surface area contributed by atoms with Crippen LogP contribution in [0, 0.1) is 17.0 Å². The van der Waals surface area contributed by atoms with Crippen molar-refractivity contribution in [2.75, 3.05) is 0 Å². The summed E-state index contributed by atoms with van der Waals surface area (Å²) in [6.45, 7) is 3.54. The van der Waals surface area contributed by atoms with E-state index < -0.39 is 16.8 Å². The number of benzene rings is 1. The number of hydrogen-bond acceptors (Lipinski definition) is 3. The molecule has 0 fully saturated rings. The molecule has 6 heteroatoms. The number of rotatable bonds is 5. The summed E-state index contributed by atoms with van der Waals surface area (Å²) in [5.41, 5.74) is 0.922. The quantitative estimate of drug-likeness (QED) is 0.656. The molecule has 1 atom stereocenters. The van der Waals surface area contributed by atoms with Gasteiger partial charge in [-0.15, -0.1) is 0 Å². The lowest BCUT2D eigenvalue weighted by molar-refractivity contribution is -0.384. The van der Waals surface area contributed by atoms with Crippen molar-refractivity contribution in [3.8, 4) is 0 Å². The van der Waals surface area contributed by atoms with Gasteiger partial charge in [0.05, 0.1) is 10.8 Å². The normalized spacial score (nSPS) is 12.2. The second-order valence-electron chi connectivity index (χ2n) is 4.10. The van der Waals surface area contributed by atoms with Gasteiger partial charge >= 0.3 is 5.97 Å². The minimum absolute atomic E-state index is 0.0250. The predicted octanol–water partition coefficient (Wildman–Crippen LogP) is 3.52. The highest BCUT2D eigenvalue weighted by Crippen LogP contribution is 2.33. The number of nitro benzene ring substituents is 1. The van der Waals surface area contributed by atoms with Gasteiger partial charge in [0.15, 0.2) is 0 Å². The van der Waals surface area contributed by atoms with E-state index in [1.165, 1.54) is 12.1 Å². The first-order valence-electron chi connectivity index (χ1n) is 5.55. The molecule has 1 aromatic rings. The van der Waals surface area contributed by atoms with Gasteiger partial charge in [0.25, 0.3) is 5.69 Å². The third-order valence-corrected chi connectivity index (χ3v) is 3.09. The molecule has 1 rings (SSSR count). The van der Waals surface area contributed by atoms with Gasteiger partial charge < -0.3 is 5.11 Å². The number of carboxylic acid groups (broad SMARTS) is 1. The van der Waals surface area contributed by atoms with Gasteiger partial charge in [-0.25, -0.2) is 0 Å². The van der Waals surface area contributed by atoms with Crippen LogP contribution in [0.15, 0.2) is 12.1 Å². The zero-order valence-corrected chi connectivity index (χ0v) is 10.9. The van der Waals surface area contributed by atoms with Crippen LogP contribution in [-0.4, -0.2) is 16.0 Å². The standard InChI is InChI=1S/C12H14ClNO4/c1-3-4-8(12(15)16)9-6-10(13)11(14(17)18)5-7(9)2/h5-6,8H,3-4H2,1-2H3,(H,15,16). The zero-order valence-electron chi connectivity index (χ0n) is 10.1. The number of halogens is 1. The Kier molecular flexibility index (Phi) is 4.67. The van der Waals surface area contributed by atoms with Crippen LogP contribution in [0.4, 0.5) is 5.69 Å². The molecule has 0 aliphatic rings.